The van der Waals surface area contributed by atoms with Crippen LogP contribution in [0.3, 0.4) is 0 Å². The molecule has 4 amide bonds. The van der Waals surface area contributed by atoms with E-state index in [1.54, 1.807) is 5.06 Å². The number of amides is 4. The predicted molar refractivity (Wildman–Crippen MR) is 185 cm³/mol. The number of piperazine rings is 1. The van der Waals surface area contributed by atoms with E-state index in [2.05, 4.69) is 43.4 Å². The average Bonchev–Trinajstić information content (AvgIpc) is 3.07. The molecule has 2 atom stereocenters. The monoisotopic (exact) mass is 729 g/mol. The van der Waals surface area contributed by atoms with Crippen molar-refractivity contribution in [2.24, 2.45) is 0 Å². The molecular formula is C34H45BrClN7O4. The van der Waals surface area contributed by atoms with E-state index in [-0.39, 0.29) is 18.0 Å². The van der Waals surface area contributed by atoms with Gasteiger partial charge in [-0.15, -0.1) is 16.7 Å². The summed E-state index contributed by atoms with van der Waals surface area (Å²) in [6, 6.07) is 13.0. The minimum Gasteiger partial charge on any atom is -0.351 e. The number of hydrogen-bond acceptors (Lipinski definition) is 7. The third-order valence-electron chi connectivity index (χ3n) is 9.98. The van der Waals surface area contributed by atoms with Crippen LogP contribution in [-0.2, 0) is 16.2 Å². The summed E-state index contributed by atoms with van der Waals surface area (Å²) >= 11 is 10.6. The maximum atomic E-state index is 14.1. The Labute approximate surface area is 290 Å². The number of fused-ring (bicyclic) bond motifs is 1. The van der Waals surface area contributed by atoms with Crippen molar-refractivity contribution in [3.05, 3.63) is 63.6 Å². The van der Waals surface area contributed by atoms with E-state index < -0.39 is 17.5 Å². The molecule has 2 N–H and O–H groups in total. The second-order valence-electron chi connectivity index (χ2n) is 13.2. The third-order valence-corrected chi connectivity index (χ3v) is 10.9. The van der Waals surface area contributed by atoms with E-state index in [0.717, 1.165) is 65.9 Å². The fraction of sp³-hybridized carbons (Fsp3) is 0.559. The summed E-state index contributed by atoms with van der Waals surface area (Å²) in [7, 11) is 2.16. The smallest absolute Gasteiger partial charge is 0.351 e. The molecule has 11 nitrogen and oxygen atoms in total. The van der Waals surface area contributed by atoms with E-state index in [4.69, 9.17) is 16.4 Å². The van der Waals surface area contributed by atoms with Crippen LogP contribution in [0, 0.1) is 6.92 Å². The number of alkyl halides is 1. The van der Waals surface area contributed by atoms with Crippen molar-refractivity contribution in [3.8, 4) is 0 Å². The van der Waals surface area contributed by atoms with Gasteiger partial charge in [-0.2, -0.15) is 0 Å². The van der Waals surface area contributed by atoms with Gasteiger partial charge in [0.15, 0.2) is 0 Å². The van der Waals surface area contributed by atoms with Crippen molar-refractivity contribution in [2.45, 2.75) is 62.7 Å². The van der Waals surface area contributed by atoms with Gasteiger partial charge >= 0.3 is 12.1 Å². The summed E-state index contributed by atoms with van der Waals surface area (Å²) in [5.74, 6) is -0.202. The number of nitrogens with one attached hydrogen (secondary N) is 2. The number of rotatable bonds is 7. The van der Waals surface area contributed by atoms with Gasteiger partial charge in [0.2, 0.25) is 5.91 Å². The van der Waals surface area contributed by atoms with Crippen LogP contribution in [0.5, 0.6) is 0 Å². The minimum atomic E-state index is -1.01. The summed E-state index contributed by atoms with van der Waals surface area (Å²) in [6.07, 6.45) is 2.39. The second-order valence-corrected chi connectivity index (χ2v) is 14.6. The summed E-state index contributed by atoms with van der Waals surface area (Å²) < 4.78 is 0.855. The van der Waals surface area contributed by atoms with Gasteiger partial charge in [-0.05, 0) is 74.5 Å². The Balaban J connectivity index is 1.07. The Morgan fingerprint density at radius 3 is 2.34 bits per heavy atom. The molecular weight excluding hydrogens is 686 g/mol. The standard InChI is InChI=1S/C34H45BrClN7O4/c1-23-19-25(21-26(35)20-23)30(36)31(32(44)41-11-7-27(8-12-41)40-17-15-39(2)16-18-40)38-34(46)47-42-13-9-28(10-14-42)43-22-24-5-3-4-6-29(24)37-33(43)45/h3-6,19-21,27-28,30-31H,7-18,22H2,1-2H3,(H,37,45)(H,38,46). The number of hydrogen-bond donors (Lipinski definition) is 2. The van der Waals surface area contributed by atoms with Crippen molar-refractivity contribution in [1.82, 2.24) is 30.0 Å². The SMILES string of the molecule is Cc1cc(Br)cc(C(Cl)C(NC(=O)ON2CCC(N3Cc4ccccc4NC3=O)CC2)C(=O)N2CCC(N3CCN(C)CC3)CC2)c1. The molecule has 0 spiro atoms. The van der Waals surface area contributed by atoms with Crippen LogP contribution in [0.4, 0.5) is 15.3 Å². The van der Waals surface area contributed by atoms with E-state index in [0.29, 0.717) is 51.6 Å². The van der Waals surface area contributed by atoms with Crippen LogP contribution in [0.1, 0.15) is 47.8 Å². The van der Waals surface area contributed by atoms with Gasteiger partial charge in [-0.1, -0.05) is 40.2 Å². The fourth-order valence-corrected chi connectivity index (χ4v) is 8.17. The summed E-state index contributed by atoms with van der Waals surface area (Å²) in [6.45, 7) is 8.92. The molecule has 4 aliphatic rings. The first-order valence-electron chi connectivity index (χ1n) is 16.7. The molecule has 0 aliphatic carbocycles. The molecule has 254 valence electrons. The largest absolute Gasteiger partial charge is 0.427 e. The van der Waals surface area contributed by atoms with Gasteiger partial charge in [-0.25, -0.2) is 9.59 Å². The normalized spacial score (nSPS) is 21.9. The van der Waals surface area contributed by atoms with E-state index in [1.165, 1.54) is 0 Å². The van der Waals surface area contributed by atoms with Crippen molar-refractivity contribution >= 4 is 51.2 Å². The van der Waals surface area contributed by atoms with Crippen molar-refractivity contribution < 1.29 is 19.2 Å². The second kappa shape index (κ2) is 15.1. The molecule has 6 rings (SSSR count). The Morgan fingerprint density at radius 1 is 0.957 bits per heavy atom. The van der Waals surface area contributed by atoms with E-state index in [9.17, 15) is 14.4 Å². The van der Waals surface area contributed by atoms with Gasteiger partial charge in [0.25, 0.3) is 0 Å². The highest BCUT2D eigenvalue weighted by Gasteiger charge is 2.38. The number of para-hydroxylation sites is 1. The lowest BCUT2D eigenvalue weighted by Crippen LogP contribution is -2.56. The number of nitrogens with zero attached hydrogens (tertiary/aromatic N) is 5. The number of aryl methyl sites for hydroxylation is 1. The van der Waals surface area contributed by atoms with Gasteiger partial charge in [-0.3, -0.25) is 9.69 Å². The van der Waals surface area contributed by atoms with Crippen molar-refractivity contribution in [3.63, 3.8) is 0 Å². The fourth-order valence-electron chi connectivity index (χ4n) is 7.24. The lowest BCUT2D eigenvalue weighted by molar-refractivity contribution is -0.137. The molecule has 0 aromatic heterocycles. The molecule has 2 aromatic carbocycles. The summed E-state index contributed by atoms with van der Waals surface area (Å²) in [4.78, 5) is 54.5. The molecule has 3 fully saturated rings. The highest BCUT2D eigenvalue weighted by molar-refractivity contribution is 9.10. The average molecular weight is 731 g/mol. The molecule has 4 aliphatic heterocycles. The molecule has 3 saturated heterocycles. The maximum Gasteiger partial charge on any atom is 0.427 e. The third kappa shape index (κ3) is 8.22. The zero-order chi connectivity index (χ0) is 33.1. The first-order chi connectivity index (χ1) is 22.6. The van der Waals surface area contributed by atoms with E-state index in [1.807, 2.05) is 59.2 Å². The quantitative estimate of drug-likeness (QED) is 0.395. The number of halogens is 2. The van der Waals surface area contributed by atoms with Crippen LogP contribution < -0.4 is 10.6 Å². The number of carbonyl (C=O) groups excluding carboxylic acids is 3. The first kappa shape index (κ1) is 34.0. The first-order valence-corrected chi connectivity index (χ1v) is 17.9. The molecule has 0 radical (unpaired) electrons. The molecule has 0 saturated carbocycles. The van der Waals surface area contributed by atoms with Gasteiger partial charge < -0.3 is 30.2 Å². The van der Waals surface area contributed by atoms with Crippen LogP contribution in [0.15, 0.2) is 46.9 Å². The summed E-state index contributed by atoms with van der Waals surface area (Å²) in [5.41, 5.74) is 3.67. The number of likely N-dealkylation sites (tertiary alicyclic amines) is 1. The number of piperidine rings is 2. The molecule has 2 aromatic rings. The van der Waals surface area contributed by atoms with Crippen LogP contribution in [0.25, 0.3) is 0 Å². The van der Waals surface area contributed by atoms with Crippen molar-refractivity contribution in [1.29, 1.82) is 0 Å². The molecule has 47 heavy (non-hydrogen) atoms. The molecule has 0 bridgehead atoms. The number of likely N-dealkylation sites (N-methyl/N-ethyl adjacent to an activating group) is 1. The lowest BCUT2D eigenvalue weighted by atomic mass is 9.99. The van der Waals surface area contributed by atoms with Crippen molar-refractivity contribution in [2.75, 3.05) is 64.7 Å². The summed E-state index contributed by atoms with van der Waals surface area (Å²) in [5, 5.41) is 6.63. The minimum absolute atomic E-state index is 0.0290. The molecule has 2 unspecified atom stereocenters. The topological polar surface area (TPSA) is 101 Å². The molecule has 13 heteroatoms. The van der Waals surface area contributed by atoms with Crippen LogP contribution >= 0.6 is 27.5 Å². The van der Waals surface area contributed by atoms with Gasteiger partial charge in [0, 0.05) is 81.1 Å². The number of carbonyl (C=O) groups is 3. The Bertz CT molecular complexity index is 1420. The Hall–Kier alpha value is -2.90. The zero-order valence-corrected chi connectivity index (χ0v) is 29.5. The van der Waals surface area contributed by atoms with Crippen LogP contribution in [-0.4, -0.2) is 120 Å². The maximum absolute atomic E-state index is 14.1. The zero-order valence-electron chi connectivity index (χ0n) is 27.2. The van der Waals surface area contributed by atoms with Gasteiger partial charge in [0.05, 0.1) is 5.38 Å². The number of benzene rings is 2. The Kier molecular flexibility index (Phi) is 10.9. The lowest BCUT2D eigenvalue weighted by Gasteiger charge is -2.42. The molecule has 4 heterocycles. The highest BCUT2D eigenvalue weighted by Crippen LogP contribution is 2.31. The predicted octanol–water partition coefficient (Wildman–Crippen LogP) is 4.80. The highest BCUT2D eigenvalue weighted by atomic mass is 79.9. The number of anilines is 1. The van der Waals surface area contributed by atoms with E-state index >= 15 is 0 Å². The number of urea groups is 1. The van der Waals surface area contributed by atoms with Crippen LogP contribution in [0.2, 0.25) is 0 Å². The van der Waals surface area contributed by atoms with Gasteiger partial charge in [0.1, 0.15) is 6.04 Å². The Morgan fingerprint density at radius 2 is 1.64 bits per heavy atom. The number of hydroxylamine groups is 2.